The third kappa shape index (κ3) is 5.25. The van der Waals surface area contributed by atoms with E-state index in [2.05, 4.69) is 39.1 Å². The van der Waals surface area contributed by atoms with Gasteiger partial charge in [-0.15, -0.1) is 0 Å². The van der Waals surface area contributed by atoms with Crippen molar-refractivity contribution in [3.8, 4) is 11.5 Å². The van der Waals surface area contributed by atoms with Gasteiger partial charge in [-0.3, -0.25) is 4.98 Å². The first-order chi connectivity index (χ1) is 12.7. The van der Waals surface area contributed by atoms with Crippen LogP contribution in [-0.2, 0) is 6.42 Å². The molecule has 0 aliphatic carbocycles. The van der Waals surface area contributed by atoms with Gasteiger partial charge < -0.3 is 14.4 Å². The number of likely N-dealkylation sites (N-methyl/N-ethyl adjacent to an activating group) is 1. The van der Waals surface area contributed by atoms with Crippen molar-refractivity contribution in [1.29, 1.82) is 0 Å². The average Bonchev–Trinajstić information content (AvgIpc) is 3.17. The molecule has 3 aromatic rings. The van der Waals surface area contributed by atoms with E-state index in [1.807, 2.05) is 31.3 Å². The highest BCUT2D eigenvalue weighted by Crippen LogP contribution is 2.21. The molecule has 5 nitrogen and oxygen atoms in total. The van der Waals surface area contributed by atoms with Crippen molar-refractivity contribution in [2.45, 2.75) is 25.4 Å². The molecule has 0 amide bonds. The number of unbranched alkanes of at least 4 members (excludes halogenated alkanes) is 1. The van der Waals surface area contributed by atoms with Crippen LogP contribution in [0.3, 0.4) is 0 Å². The molecule has 0 bridgehead atoms. The molecular formula is C21H25N3O2. The van der Waals surface area contributed by atoms with E-state index in [-0.39, 0.29) is 0 Å². The van der Waals surface area contributed by atoms with Gasteiger partial charge in [0.1, 0.15) is 11.8 Å². The molecule has 0 fully saturated rings. The highest BCUT2D eigenvalue weighted by molar-refractivity contribution is 5.49. The van der Waals surface area contributed by atoms with Crippen molar-refractivity contribution in [1.82, 2.24) is 14.9 Å². The Bertz CT molecular complexity index is 774. The fourth-order valence-electron chi connectivity index (χ4n) is 2.89. The van der Waals surface area contributed by atoms with Crippen LogP contribution in [0.4, 0.5) is 0 Å². The van der Waals surface area contributed by atoms with Gasteiger partial charge in [-0.2, -0.15) is 0 Å². The Labute approximate surface area is 154 Å². The highest BCUT2D eigenvalue weighted by Gasteiger charge is 2.17. The first-order valence-corrected chi connectivity index (χ1v) is 9.00. The molecule has 0 aliphatic rings. The Morgan fingerprint density at radius 2 is 1.85 bits per heavy atom. The van der Waals surface area contributed by atoms with Gasteiger partial charge in [0, 0.05) is 12.7 Å². The molecule has 1 atom stereocenters. The molecule has 1 unspecified atom stereocenters. The lowest BCUT2D eigenvalue weighted by atomic mass is 10.1. The lowest BCUT2D eigenvalue weighted by Crippen LogP contribution is -2.25. The van der Waals surface area contributed by atoms with Gasteiger partial charge in [0.25, 0.3) is 0 Å². The lowest BCUT2D eigenvalue weighted by molar-refractivity contribution is 0.101. The van der Waals surface area contributed by atoms with Crippen LogP contribution in [0.5, 0.6) is 0 Å². The second-order valence-corrected chi connectivity index (χ2v) is 6.50. The summed E-state index contributed by atoms with van der Waals surface area (Å²) in [6, 6.07) is 16.1. The predicted octanol–water partition coefficient (Wildman–Crippen LogP) is 3.72. The summed E-state index contributed by atoms with van der Waals surface area (Å²) in [6.45, 7) is 1.42. The molecule has 136 valence electrons. The summed E-state index contributed by atoms with van der Waals surface area (Å²) >= 11 is 0. The Morgan fingerprint density at radius 1 is 1.04 bits per heavy atom. The van der Waals surface area contributed by atoms with E-state index in [1.165, 1.54) is 5.56 Å². The summed E-state index contributed by atoms with van der Waals surface area (Å²) in [7, 11) is 2.01. The minimum Gasteiger partial charge on any atom is -0.436 e. The van der Waals surface area contributed by atoms with E-state index < -0.39 is 6.10 Å². The van der Waals surface area contributed by atoms with Gasteiger partial charge >= 0.3 is 0 Å². The largest absolute Gasteiger partial charge is 0.436 e. The first-order valence-electron chi connectivity index (χ1n) is 9.00. The number of rotatable bonds is 9. The maximum absolute atomic E-state index is 10.4. The number of pyridine rings is 1. The topological polar surface area (TPSA) is 62.4 Å². The maximum Gasteiger partial charge on any atom is 0.225 e. The molecule has 0 spiro atoms. The zero-order valence-corrected chi connectivity index (χ0v) is 15.1. The quantitative estimate of drug-likeness (QED) is 0.595. The summed E-state index contributed by atoms with van der Waals surface area (Å²) in [5.41, 5.74) is 2.09. The van der Waals surface area contributed by atoms with Gasteiger partial charge in [-0.25, -0.2) is 4.98 Å². The zero-order chi connectivity index (χ0) is 18.2. The number of aryl methyl sites for hydroxylation is 1. The van der Waals surface area contributed by atoms with E-state index in [0.29, 0.717) is 23.9 Å². The number of aliphatic hydroxyl groups is 1. The second kappa shape index (κ2) is 9.27. The van der Waals surface area contributed by atoms with Crippen molar-refractivity contribution in [2.75, 3.05) is 20.1 Å². The van der Waals surface area contributed by atoms with Crippen LogP contribution in [0.2, 0.25) is 0 Å². The molecule has 2 aromatic heterocycles. The number of nitrogens with zero attached hydrogens (tertiary/aromatic N) is 3. The molecule has 0 radical (unpaired) electrons. The third-order valence-electron chi connectivity index (χ3n) is 4.31. The average molecular weight is 351 g/mol. The number of aromatic nitrogens is 2. The van der Waals surface area contributed by atoms with E-state index in [1.54, 1.807) is 12.4 Å². The van der Waals surface area contributed by atoms with Gasteiger partial charge in [-0.1, -0.05) is 36.4 Å². The van der Waals surface area contributed by atoms with Crippen molar-refractivity contribution in [2.24, 2.45) is 0 Å². The van der Waals surface area contributed by atoms with Crippen LogP contribution in [0.1, 0.15) is 30.4 Å². The molecule has 0 aliphatic heterocycles. The van der Waals surface area contributed by atoms with Crippen LogP contribution in [0.25, 0.3) is 11.5 Å². The Kier molecular flexibility index (Phi) is 6.52. The van der Waals surface area contributed by atoms with Crippen molar-refractivity contribution in [3.63, 3.8) is 0 Å². The monoisotopic (exact) mass is 351 g/mol. The van der Waals surface area contributed by atoms with Crippen LogP contribution < -0.4 is 0 Å². The summed E-state index contributed by atoms with van der Waals surface area (Å²) < 4.78 is 5.67. The van der Waals surface area contributed by atoms with E-state index in [0.717, 1.165) is 25.8 Å². The molecule has 1 aromatic carbocycles. The van der Waals surface area contributed by atoms with Crippen molar-refractivity contribution >= 4 is 0 Å². The highest BCUT2D eigenvalue weighted by atomic mass is 16.4. The SMILES string of the molecule is CN(CCCCc1ccccc1)CC(O)c1ncc(-c2ccccn2)o1. The van der Waals surface area contributed by atoms with Crippen LogP contribution >= 0.6 is 0 Å². The molecule has 5 heteroatoms. The van der Waals surface area contributed by atoms with Crippen LogP contribution in [0, 0.1) is 0 Å². The van der Waals surface area contributed by atoms with Gasteiger partial charge in [-0.05, 0) is 50.6 Å². The van der Waals surface area contributed by atoms with Crippen LogP contribution in [-0.4, -0.2) is 40.1 Å². The number of oxazole rings is 1. The first kappa shape index (κ1) is 18.3. The molecule has 26 heavy (non-hydrogen) atoms. The Morgan fingerprint density at radius 3 is 2.62 bits per heavy atom. The summed E-state index contributed by atoms with van der Waals surface area (Å²) in [5, 5.41) is 10.4. The Balaban J connectivity index is 1.42. The number of benzene rings is 1. The van der Waals surface area contributed by atoms with Gasteiger partial charge in [0.2, 0.25) is 5.89 Å². The van der Waals surface area contributed by atoms with E-state index in [4.69, 9.17) is 4.42 Å². The number of hydrogen-bond donors (Lipinski definition) is 1. The van der Waals surface area contributed by atoms with Gasteiger partial charge in [0.05, 0.1) is 6.20 Å². The molecular weight excluding hydrogens is 326 g/mol. The van der Waals surface area contributed by atoms with E-state index in [9.17, 15) is 5.11 Å². The molecule has 1 N–H and O–H groups in total. The van der Waals surface area contributed by atoms with Crippen LogP contribution in [0.15, 0.2) is 65.3 Å². The molecule has 0 saturated heterocycles. The molecule has 0 saturated carbocycles. The van der Waals surface area contributed by atoms with Crippen molar-refractivity contribution < 1.29 is 9.52 Å². The Hall–Kier alpha value is -2.50. The summed E-state index contributed by atoms with van der Waals surface area (Å²) in [4.78, 5) is 10.5. The summed E-state index contributed by atoms with van der Waals surface area (Å²) in [5.74, 6) is 0.909. The predicted molar refractivity (Wildman–Crippen MR) is 102 cm³/mol. The fourth-order valence-corrected chi connectivity index (χ4v) is 2.89. The van der Waals surface area contributed by atoms with Gasteiger partial charge in [0.15, 0.2) is 5.76 Å². The number of hydrogen-bond acceptors (Lipinski definition) is 5. The van der Waals surface area contributed by atoms with E-state index >= 15 is 0 Å². The zero-order valence-electron chi connectivity index (χ0n) is 15.1. The summed E-state index contributed by atoms with van der Waals surface area (Å²) in [6.07, 6.45) is 5.88. The molecule has 2 heterocycles. The number of aliphatic hydroxyl groups excluding tert-OH is 1. The maximum atomic E-state index is 10.4. The lowest BCUT2D eigenvalue weighted by Gasteiger charge is -2.18. The smallest absolute Gasteiger partial charge is 0.225 e. The second-order valence-electron chi connectivity index (χ2n) is 6.50. The standard InChI is InChI=1S/C21H25N3O2/c1-24(14-8-6-11-17-9-3-2-4-10-17)16-19(25)21-23-15-20(26-21)18-12-5-7-13-22-18/h2-5,7,9-10,12-13,15,19,25H,6,8,11,14,16H2,1H3. The van der Waals surface area contributed by atoms with Crippen molar-refractivity contribution in [3.05, 3.63) is 72.4 Å². The third-order valence-corrected chi connectivity index (χ3v) is 4.31. The minimum atomic E-state index is -0.744. The molecule has 3 rings (SSSR count). The normalized spacial score (nSPS) is 12.4. The minimum absolute atomic E-state index is 0.335. The fraction of sp³-hybridized carbons (Fsp3) is 0.333.